The van der Waals surface area contributed by atoms with Crippen molar-refractivity contribution in [2.24, 2.45) is 7.05 Å². The molecule has 136 valence electrons. The van der Waals surface area contributed by atoms with Gasteiger partial charge in [-0.2, -0.15) is 5.10 Å². The lowest BCUT2D eigenvalue weighted by Gasteiger charge is -2.25. The Morgan fingerprint density at radius 3 is 2.89 bits per heavy atom. The van der Waals surface area contributed by atoms with Gasteiger partial charge in [-0.05, 0) is 17.2 Å². The molecular formula is C20H19N5O2. The quantitative estimate of drug-likeness (QED) is 0.740. The zero-order valence-corrected chi connectivity index (χ0v) is 14.8. The number of benzene rings is 1. The van der Waals surface area contributed by atoms with Gasteiger partial charge in [0.1, 0.15) is 6.04 Å². The lowest BCUT2D eigenvalue weighted by atomic mass is 10.00. The molecule has 7 nitrogen and oxygen atoms in total. The van der Waals surface area contributed by atoms with Gasteiger partial charge in [0.2, 0.25) is 5.91 Å². The lowest BCUT2D eigenvalue weighted by molar-refractivity contribution is -0.118. The highest BCUT2D eigenvalue weighted by Gasteiger charge is 2.29. The fraction of sp³-hybridized carbons (Fsp3) is 0.200. The van der Waals surface area contributed by atoms with Crippen molar-refractivity contribution in [3.63, 3.8) is 0 Å². The molecule has 7 heteroatoms. The maximum Gasteiger partial charge on any atom is 0.255 e. The number of hydrogen-bond donors (Lipinski definition) is 2. The van der Waals surface area contributed by atoms with Crippen LogP contribution in [0, 0.1) is 0 Å². The molecule has 1 aromatic carbocycles. The molecule has 0 radical (unpaired) electrons. The van der Waals surface area contributed by atoms with Crippen molar-refractivity contribution in [2.75, 3.05) is 5.32 Å². The first-order valence-corrected chi connectivity index (χ1v) is 8.71. The van der Waals surface area contributed by atoms with E-state index in [9.17, 15) is 9.59 Å². The molecule has 0 bridgehead atoms. The van der Waals surface area contributed by atoms with Crippen molar-refractivity contribution in [3.05, 3.63) is 77.4 Å². The first-order chi connectivity index (χ1) is 13.1. The van der Waals surface area contributed by atoms with Gasteiger partial charge in [0.15, 0.2) is 0 Å². The van der Waals surface area contributed by atoms with E-state index in [1.54, 1.807) is 29.3 Å². The number of fused-ring (bicyclic) bond motifs is 1. The third-order valence-electron chi connectivity index (χ3n) is 4.73. The zero-order chi connectivity index (χ0) is 18.8. The highest BCUT2D eigenvalue weighted by Crippen LogP contribution is 2.21. The molecule has 1 atom stereocenters. The number of rotatable bonds is 4. The van der Waals surface area contributed by atoms with Crippen molar-refractivity contribution >= 4 is 17.5 Å². The van der Waals surface area contributed by atoms with Crippen molar-refractivity contribution in [1.29, 1.82) is 0 Å². The average Bonchev–Trinajstić information content (AvgIpc) is 3.04. The lowest BCUT2D eigenvalue weighted by Crippen LogP contribution is -2.47. The molecule has 1 aliphatic heterocycles. The Hall–Kier alpha value is -3.48. The van der Waals surface area contributed by atoms with E-state index in [2.05, 4.69) is 20.7 Å². The van der Waals surface area contributed by atoms with Crippen LogP contribution in [-0.2, 0) is 24.7 Å². The molecule has 0 fully saturated rings. The van der Waals surface area contributed by atoms with Crippen LogP contribution >= 0.6 is 0 Å². The number of anilines is 1. The largest absolute Gasteiger partial charge is 0.340 e. The van der Waals surface area contributed by atoms with Gasteiger partial charge in [-0.25, -0.2) is 0 Å². The fourth-order valence-electron chi connectivity index (χ4n) is 3.25. The summed E-state index contributed by atoms with van der Waals surface area (Å²) >= 11 is 0. The van der Waals surface area contributed by atoms with Crippen LogP contribution < -0.4 is 10.6 Å². The number of pyridine rings is 1. The second kappa shape index (κ2) is 7.03. The van der Waals surface area contributed by atoms with E-state index in [0.29, 0.717) is 18.4 Å². The summed E-state index contributed by atoms with van der Waals surface area (Å²) in [5.74, 6) is -0.530. The number of aromatic nitrogens is 3. The first-order valence-electron chi connectivity index (χ1n) is 8.71. The minimum Gasteiger partial charge on any atom is -0.340 e. The number of hydrogen-bond acceptors (Lipinski definition) is 4. The van der Waals surface area contributed by atoms with Crippen LogP contribution in [0.3, 0.4) is 0 Å². The van der Waals surface area contributed by atoms with Gasteiger partial charge in [0, 0.05) is 38.0 Å². The Morgan fingerprint density at radius 2 is 2.07 bits per heavy atom. The summed E-state index contributed by atoms with van der Waals surface area (Å²) in [6.45, 7) is 0. The monoisotopic (exact) mass is 361 g/mol. The summed E-state index contributed by atoms with van der Waals surface area (Å²) in [5, 5.41) is 9.87. The smallest absolute Gasteiger partial charge is 0.255 e. The highest BCUT2D eigenvalue weighted by atomic mass is 16.2. The molecule has 2 aromatic heterocycles. The maximum atomic E-state index is 12.8. The predicted octanol–water partition coefficient (Wildman–Crippen LogP) is 1.70. The van der Waals surface area contributed by atoms with Crippen LogP contribution in [-0.4, -0.2) is 32.6 Å². The van der Waals surface area contributed by atoms with Crippen molar-refractivity contribution < 1.29 is 9.59 Å². The predicted molar refractivity (Wildman–Crippen MR) is 100 cm³/mol. The minimum absolute atomic E-state index is 0.226. The molecule has 0 aliphatic carbocycles. The van der Waals surface area contributed by atoms with E-state index in [1.807, 2.05) is 37.4 Å². The van der Waals surface area contributed by atoms with Gasteiger partial charge in [-0.3, -0.25) is 19.3 Å². The molecule has 1 aliphatic rings. The van der Waals surface area contributed by atoms with Gasteiger partial charge in [-0.1, -0.05) is 30.3 Å². The summed E-state index contributed by atoms with van der Waals surface area (Å²) in [6.07, 6.45) is 5.88. The number of aryl methyl sites for hydroxylation is 1. The van der Waals surface area contributed by atoms with E-state index >= 15 is 0 Å². The Labute approximate surface area is 156 Å². The van der Waals surface area contributed by atoms with Gasteiger partial charge in [0.05, 0.1) is 17.5 Å². The summed E-state index contributed by atoms with van der Waals surface area (Å²) in [6, 6.07) is 11.0. The van der Waals surface area contributed by atoms with Crippen molar-refractivity contribution in [1.82, 2.24) is 20.1 Å². The van der Waals surface area contributed by atoms with Crippen LogP contribution in [0.25, 0.3) is 0 Å². The summed E-state index contributed by atoms with van der Waals surface area (Å²) in [7, 11) is 1.81. The van der Waals surface area contributed by atoms with Crippen LogP contribution in [0.2, 0.25) is 0 Å². The molecule has 2 N–H and O–H groups in total. The van der Waals surface area contributed by atoms with E-state index in [4.69, 9.17) is 0 Å². The van der Waals surface area contributed by atoms with Crippen LogP contribution in [0.15, 0.2) is 55.0 Å². The number of carbonyl (C=O) groups excluding carboxylic acids is 2. The molecule has 4 rings (SSSR count). The molecule has 27 heavy (non-hydrogen) atoms. The molecule has 3 heterocycles. The van der Waals surface area contributed by atoms with Crippen molar-refractivity contribution in [2.45, 2.75) is 18.9 Å². The average molecular weight is 361 g/mol. The maximum absolute atomic E-state index is 12.8. The van der Waals surface area contributed by atoms with E-state index in [0.717, 1.165) is 22.5 Å². The molecule has 3 aromatic rings. The SMILES string of the molecule is Cn1ncc(C(=O)NC2Cc3cnccc3NC2=O)c1Cc1ccccc1. The molecular weight excluding hydrogens is 342 g/mol. The van der Waals surface area contributed by atoms with Crippen molar-refractivity contribution in [3.8, 4) is 0 Å². The second-order valence-electron chi connectivity index (χ2n) is 6.54. The zero-order valence-electron chi connectivity index (χ0n) is 14.8. The van der Waals surface area contributed by atoms with E-state index in [-0.39, 0.29) is 11.8 Å². The van der Waals surface area contributed by atoms with Gasteiger partial charge < -0.3 is 10.6 Å². The summed E-state index contributed by atoms with van der Waals surface area (Å²) in [5.41, 5.74) is 4.01. The molecule has 1 unspecified atom stereocenters. The molecule has 0 spiro atoms. The van der Waals surface area contributed by atoms with Crippen LogP contribution in [0.1, 0.15) is 27.2 Å². The first kappa shape index (κ1) is 17.0. The Morgan fingerprint density at radius 1 is 1.26 bits per heavy atom. The summed E-state index contributed by atoms with van der Waals surface area (Å²) < 4.78 is 1.70. The minimum atomic E-state index is -0.640. The van der Waals surface area contributed by atoms with E-state index < -0.39 is 6.04 Å². The van der Waals surface area contributed by atoms with Gasteiger partial charge >= 0.3 is 0 Å². The third kappa shape index (κ3) is 3.44. The Kier molecular flexibility index (Phi) is 4.42. The third-order valence-corrected chi connectivity index (χ3v) is 4.73. The Balaban J connectivity index is 1.53. The number of amides is 2. The van der Waals surface area contributed by atoms with E-state index in [1.165, 1.54) is 0 Å². The number of carbonyl (C=O) groups is 2. The van der Waals surface area contributed by atoms with Crippen LogP contribution in [0.5, 0.6) is 0 Å². The number of nitrogens with zero attached hydrogens (tertiary/aromatic N) is 3. The highest BCUT2D eigenvalue weighted by molar-refractivity contribution is 6.03. The van der Waals surface area contributed by atoms with Gasteiger partial charge in [-0.15, -0.1) is 0 Å². The fourth-order valence-corrected chi connectivity index (χ4v) is 3.25. The van der Waals surface area contributed by atoms with Gasteiger partial charge in [0.25, 0.3) is 5.91 Å². The Bertz CT molecular complexity index is 997. The normalized spacial score (nSPS) is 15.7. The standard InChI is InChI=1S/C20H19N5O2/c1-25-18(9-13-5-3-2-4-6-13)15(12-22-25)19(26)24-17-10-14-11-21-8-7-16(14)23-20(17)27/h2-8,11-12,17H,9-10H2,1H3,(H,23,27)(H,24,26). The molecule has 2 amide bonds. The number of nitrogens with one attached hydrogen (secondary N) is 2. The topological polar surface area (TPSA) is 88.9 Å². The molecule has 0 saturated heterocycles. The molecule has 0 saturated carbocycles. The van der Waals surface area contributed by atoms with Crippen LogP contribution in [0.4, 0.5) is 5.69 Å². The summed E-state index contributed by atoms with van der Waals surface area (Å²) in [4.78, 5) is 29.3. The second-order valence-corrected chi connectivity index (χ2v) is 6.54.